The van der Waals surface area contributed by atoms with Crippen LogP contribution in [0.2, 0.25) is 0 Å². The molecule has 0 fully saturated rings. The van der Waals surface area contributed by atoms with E-state index in [2.05, 4.69) is 34.6 Å². The van der Waals surface area contributed by atoms with E-state index in [4.69, 9.17) is 14.2 Å². The Hall–Kier alpha value is -1.59. The highest BCUT2D eigenvalue weighted by molar-refractivity contribution is 5.71. The first kappa shape index (κ1) is 55.4. The molecule has 0 heterocycles. The summed E-state index contributed by atoms with van der Waals surface area (Å²) >= 11 is 0. The fourth-order valence-electron chi connectivity index (χ4n) is 7.64. The predicted octanol–water partition coefficient (Wildman–Crippen LogP) is 16.1. The topological polar surface area (TPSA) is 78.9 Å². The second-order valence-corrected chi connectivity index (χ2v) is 18.4. The number of esters is 3. The summed E-state index contributed by atoms with van der Waals surface area (Å²) in [4.78, 5) is 37.8. The van der Waals surface area contributed by atoms with Crippen molar-refractivity contribution in [3.8, 4) is 0 Å². The molecule has 0 aliphatic rings. The van der Waals surface area contributed by atoms with Gasteiger partial charge in [0, 0.05) is 19.3 Å². The minimum atomic E-state index is -0.761. The summed E-state index contributed by atoms with van der Waals surface area (Å²) in [5, 5.41) is 0. The van der Waals surface area contributed by atoms with Crippen molar-refractivity contribution < 1.29 is 28.6 Å². The van der Waals surface area contributed by atoms with E-state index in [0.29, 0.717) is 19.3 Å². The van der Waals surface area contributed by atoms with Crippen LogP contribution in [0.5, 0.6) is 0 Å². The second kappa shape index (κ2) is 44.0. The van der Waals surface area contributed by atoms with Crippen molar-refractivity contribution in [1.29, 1.82) is 0 Å². The molecule has 338 valence electrons. The van der Waals surface area contributed by atoms with Crippen LogP contribution in [0.4, 0.5) is 0 Å². The normalized spacial score (nSPS) is 12.1. The van der Waals surface area contributed by atoms with Crippen LogP contribution < -0.4 is 0 Å². The average molecular weight is 807 g/mol. The monoisotopic (exact) mass is 807 g/mol. The van der Waals surface area contributed by atoms with Crippen molar-refractivity contribution in [3.63, 3.8) is 0 Å². The first-order valence-corrected chi connectivity index (χ1v) is 25.2. The van der Waals surface area contributed by atoms with Crippen LogP contribution in [-0.4, -0.2) is 37.2 Å². The molecule has 0 bridgehead atoms. The number of carbonyl (C=O) groups excluding carboxylic acids is 3. The van der Waals surface area contributed by atoms with Crippen molar-refractivity contribution in [1.82, 2.24) is 0 Å². The molecule has 0 aliphatic heterocycles. The summed E-state index contributed by atoms with van der Waals surface area (Å²) in [7, 11) is 0. The van der Waals surface area contributed by atoms with E-state index in [9.17, 15) is 14.4 Å². The van der Waals surface area contributed by atoms with Gasteiger partial charge < -0.3 is 14.2 Å². The van der Waals surface area contributed by atoms with E-state index >= 15 is 0 Å². The van der Waals surface area contributed by atoms with E-state index in [-0.39, 0.29) is 31.1 Å². The van der Waals surface area contributed by atoms with Gasteiger partial charge in [-0.2, -0.15) is 0 Å². The molecule has 0 aromatic heterocycles. The number of rotatable bonds is 45. The zero-order valence-electron chi connectivity index (χ0n) is 39.0. The largest absolute Gasteiger partial charge is 0.462 e. The van der Waals surface area contributed by atoms with Crippen LogP contribution in [0.3, 0.4) is 0 Å². The van der Waals surface area contributed by atoms with Crippen LogP contribution >= 0.6 is 0 Å². The van der Waals surface area contributed by atoms with Crippen molar-refractivity contribution in [2.24, 2.45) is 11.8 Å². The SMILES string of the molecule is CCCCCCCCCCCCCC(=O)OC[C@@H](COC(=O)CCCCCCCCCCCCCCCCCCC(C)C)OC(=O)CCCCCCCCC(C)C. The predicted molar refractivity (Wildman–Crippen MR) is 243 cm³/mol. The maximum Gasteiger partial charge on any atom is 0.306 e. The molecular formula is C51H98O6. The fourth-order valence-corrected chi connectivity index (χ4v) is 7.64. The summed E-state index contributed by atoms with van der Waals surface area (Å²) in [6.45, 7) is 11.3. The molecule has 0 radical (unpaired) electrons. The molecule has 0 amide bonds. The third-order valence-electron chi connectivity index (χ3n) is 11.5. The Morgan fingerprint density at radius 3 is 0.860 bits per heavy atom. The van der Waals surface area contributed by atoms with E-state index in [1.807, 2.05) is 0 Å². The smallest absolute Gasteiger partial charge is 0.306 e. The lowest BCUT2D eigenvalue weighted by Crippen LogP contribution is -2.30. The van der Waals surface area contributed by atoms with E-state index < -0.39 is 6.10 Å². The van der Waals surface area contributed by atoms with Gasteiger partial charge in [-0.15, -0.1) is 0 Å². The Morgan fingerprint density at radius 2 is 0.579 bits per heavy atom. The molecule has 0 spiro atoms. The van der Waals surface area contributed by atoms with Crippen molar-refractivity contribution in [2.75, 3.05) is 13.2 Å². The molecule has 0 aliphatic carbocycles. The third kappa shape index (κ3) is 45.3. The molecule has 0 unspecified atom stereocenters. The summed E-state index contributed by atoms with van der Waals surface area (Å²) in [6, 6.07) is 0. The number of carbonyl (C=O) groups is 3. The number of hydrogen-bond donors (Lipinski definition) is 0. The Labute approximate surface area is 355 Å². The fraction of sp³-hybridized carbons (Fsp3) is 0.941. The van der Waals surface area contributed by atoms with Gasteiger partial charge in [-0.05, 0) is 31.1 Å². The van der Waals surface area contributed by atoms with Gasteiger partial charge in [-0.1, -0.05) is 240 Å². The summed E-state index contributed by atoms with van der Waals surface area (Å²) in [5.74, 6) is 0.756. The molecule has 0 N–H and O–H groups in total. The number of unbranched alkanes of at least 4 members (excludes halogenated alkanes) is 30. The standard InChI is InChI=1S/C51H98O6/c1-6-7-8-9-10-11-18-22-25-31-36-41-49(52)55-44-48(57-51(54)43-38-33-28-27-30-35-40-47(4)5)45-56-50(53)42-37-32-26-23-20-17-15-13-12-14-16-19-21-24-29-34-39-46(2)3/h46-48H,6-45H2,1-5H3/t48-/m0/s1. The molecule has 0 aromatic rings. The Morgan fingerprint density at radius 1 is 0.333 bits per heavy atom. The summed E-state index contributed by atoms with van der Waals surface area (Å²) in [5.41, 5.74) is 0. The first-order valence-electron chi connectivity index (χ1n) is 25.2. The lowest BCUT2D eigenvalue weighted by atomic mass is 10.0. The lowest BCUT2D eigenvalue weighted by molar-refractivity contribution is -0.167. The molecule has 0 saturated carbocycles. The van der Waals surface area contributed by atoms with Gasteiger partial charge in [0.05, 0.1) is 0 Å². The third-order valence-corrected chi connectivity index (χ3v) is 11.5. The first-order chi connectivity index (χ1) is 27.7. The van der Waals surface area contributed by atoms with Gasteiger partial charge in [0.25, 0.3) is 0 Å². The minimum absolute atomic E-state index is 0.0649. The summed E-state index contributed by atoms with van der Waals surface area (Å²) < 4.78 is 16.7. The van der Waals surface area contributed by atoms with Crippen LogP contribution in [0, 0.1) is 11.8 Å². The number of ether oxygens (including phenoxy) is 3. The Bertz CT molecular complexity index is 870. The van der Waals surface area contributed by atoms with Gasteiger partial charge in [-0.25, -0.2) is 0 Å². The van der Waals surface area contributed by atoms with E-state index in [1.165, 1.54) is 167 Å². The van der Waals surface area contributed by atoms with Crippen molar-refractivity contribution >= 4 is 17.9 Å². The Balaban J connectivity index is 4.20. The highest BCUT2D eigenvalue weighted by Crippen LogP contribution is 2.17. The molecule has 1 atom stereocenters. The molecule has 6 heteroatoms. The van der Waals surface area contributed by atoms with Crippen molar-refractivity contribution in [3.05, 3.63) is 0 Å². The number of hydrogen-bond acceptors (Lipinski definition) is 6. The van der Waals surface area contributed by atoms with Crippen LogP contribution in [-0.2, 0) is 28.6 Å². The lowest BCUT2D eigenvalue weighted by Gasteiger charge is -2.18. The molecule has 57 heavy (non-hydrogen) atoms. The van der Waals surface area contributed by atoms with Crippen molar-refractivity contribution in [2.45, 2.75) is 285 Å². The maximum atomic E-state index is 12.7. The van der Waals surface area contributed by atoms with Crippen LogP contribution in [0.25, 0.3) is 0 Å². The molecule has 0 aromatic carbocycles. The van der Waals surface area contributed by atoms with Gasteiger partial charge >= 0.3 is 17.9 Å². The average Bonchev–Trinajstić information content (AvgIpc) is 3.18. The summed E-state index contributed by atoms with van der Waals surface area (Å²) in [6.07, 6.45) is 43.9. The minimum Gasteiger partial charge on any atom is -0.462 e. The Kier molecular flexibility index (Phi) is 42.7. The molecular weight excluding hydrogens is 709 g/mol. The molecule has 6 nitrogen and oxygen atoms in total. The molecule has 0 rings (SSSR count). The van der Waals surface area contributed by atoms with E-state index in [1.54, 1.807) is 0 Å². The van der Waals surface area contributed by atoms with Gasteiger partial charge in [0.2, 0.25) is 0 Å². The highest BCUT2D eigenvalue weighted by atomic mass is 16.6. The maximum absolute atomic E-state index is 12.7. The van der Waals surface area contributed by atoms with E-state index in [0.717, 1.165) is 69.6 Å². The highest BCUT2D eigenvalue weighted by Gasteiger charge is 2.19. The van der Waals surface area contributed by atoms with Gasteiger partial charge in [-0.3, -0.25) is 14.4 Å². The van der Waals surface area contributed by atoms with Gasteiger partial charge in [0.15, 0.2) is 6.10 Å². The quantitative estimate of drug-likeness (QED) is 0.0346. The molecule has 0 saturated heterocycles. The zero-order chi connectivity index (χ0) is 41.9. The zero-order valence-corrected chi connectivity index (χ0v) is 39.0. The van der Waals surface area contributed by atoms with Crippen LogP contribution in [0.1, 0.15) is 279 Å². The van der Waals surface area contributed by atoms with Gasteiger partial charge in [0.1, 0.15) is 13.2 Å². The van der Waals surface area contributed by atoms with Crippen LogP contribution in [0.15, 0.2) is 0 Å². The second-order valence-electron chi connectivity index (χ2n) is 18.4.